The number of likely N-dealkylation sites (tertiary alicyclic amines) is 1. The van der Waals surface area contributed by atoms with E-state index in [1.54, 1.807) is 12.1 Å². The van der Waals surface area contributed by atoms with Gasteiger partial charge in [-0.1, -0.05) is 29.8 Å². The molecule has 6 heteroatoms. The van der Waals surface area contributed by atoms with Crippen molar-refractivity contribution < 1.29 is 4.79 Å². The van der Waals surface area contributed by atoms with Crippen LogP contribution < -0.4 is 5.32 Å². The molecular formula is C19H23ClN2OS2. The van der Waals surface area contributed by atoms with Gasteiger partial charge in [-0.05, 0) is 61.9 Å². The summed E-state index contributed by atoms with van der Waals surface area (Å²) in [5.41, 5.74) is 1.41. The summed E-state index contributed by atoms with van der Waals surface area (Å²) in [6, 6.07) is 12.2. The second kappa shape index (κ2) is 9.08. The van der Waals surface area contributed by atoms with E-state index < -0.39 is 0 Å². The summed E-state index contributed by atoms with van der Waals surface area (Å²) in [5.74, 6) is 0.555. The predicted molar refractivity (Wildman–Crippen MR) is 108 cm³/mol. The first-order valence-electron chi connectivity index (χ1n) is 8.53. The average molecular weight is 395 g/mol. The Labute approximate surface area is 162 Å². The minimum atomic E-state index is -0.00627. The number of piperidine rings is 1. The number of nitrogens with one attached hydrogen (secondary N) is 1. The maximum atomic E-state index is 12.1. The lowest BCUT2D eigenvalue weighted by Crippen LogP contribution is -2.38. The first-order chi connectivity index (χ1) is 12.2. The minimum Gasteiger partial charge on any atom is -0.351 e. The first kappa shape index (κ1) is 18.8. The maximum absolute atomic E-state index is 12.1. The zero-order chi connectivity index (χ0) is 17.6. The third-order valence-electron chi connectivity index (χ3n) is 4.64. The molecule has 0 bridgehead atoms. The van der Waals surface area contributed by atoms with Crippen molar-refractivity contribution in [2.24, 2.45) is 5.92 Å². The second-order valence-corrected chi connectivity index (χ2v) is 8.91. The van der Waals surface area contributed by atoms with Crippen LogP contribution >= 0.6 is 34.7 Å². The highest BCUT2D eigenvalue weighted by atomic mass is 35.5. The Morgan fingerprint density at radius 1 is 1.28 bits per heavy atom. The Kier molecular flexibility index (Phi) is 6.82. The van der Waals surface area contributed by atoms with Crippen LogP contribution in [0.5, 0.6) is 0 Å². The van der Waals surface area contributed by atoms with Gasteiger partial charge in [0.25, 0.3) is 5.91 Å². The molecule has 134 valence electrons. The van der Waals surface area contributed by atoms with Crippen LogP contribution in [-0.2, 0) is 6.54 Å². The summed E-state index contributed by atoms with van der Waals surface area (Å²) >= 11 is 9.03. The van der Waals surface area contributed by atoms with Gasteiger partial charge in [0.15, 0.2) is 0 Å². The third kappa shape index (κ3) is 5.23. The van der Waals surface area contributed by atoms with Gasteiger partial charge in [-0.2, -0.15) is 0 Å². The van der Waals surface area contributed by atoms with E-state index in [2.05, 4.69) is 40.7 Å². The Hall–Kier alpha value is -1.01. The summed E-state index contributed by atoms with van der Waals surface area (Å²) in [4.78, 5) is 16.7. The van der Waals surface area contributed by atoms with E-state index in [9.17, 15) is 4.79 Å². The highest BCUT2D eigenvalue weighted by Gasteiger charge is 2.20. The van der Waals surface area contributed by atoms with E-state index in [0.717, 1.165) is 39.0 Å². The zero-order valence-corrected chi connectivity index (χ0v) is 16.7. The number of amides is 1. The number of halogens is 1. The van der Waals surface area contributed by atoms with Gasteiger partial charge in [0.05, 0.1) is 9.21 Å². The number of benzene rings is 1. The molecule has 2 heterocycles. The molecular weight excluding hydrogens is 372 g/mol. The number of rotatable bonds is 6. The molecule has 0 radical (unpaired) electrons. The first-order valence-corrected chi connectivity index (χ1v) is 11.0. The normalized spacial score (nSPS) is 16.1. The summed E-state index contributed by atoms with van der Waals surface area (Å²) in [6.07, 6.45) is 4.40. The number of hydrogen-bond donors (Lipinski definition) is 1. The highest BCUT2D eigenvalue weighted by Crippen LogP contribution is 2.25. The number of carbonyl (C=O) groups is 1. The Morgan fingerprint density at radius 3 is 2.72 bits per heavy atom. The van der Waals surface area contributed by atoms with Crippen molar-refractivity contribution in [1.29, 1.82) is 0 Å². The van der Waals surface area contributed by atoms with Crippen LogP contribution in [0.15, 0.2) is 41.3 Å². The van der Waals surface area contributed by atoms with Crippen molar-refractivity contribution in [2.45, 2.75) is 24.3 Å². The lowest BCUT2D eigenvalue weighted by molar-refractivity contribution is 0.0939. The zero-order valence-electron chi connectivity index (χ0n) is 14.3. The molecule has 0 aliphatic carbocycles. The van der Waals surface area contributed by atoms with E-state index in [0.29, 0.717) is 15.1 Å². The number of hydrogen-bond acceptors (Lipinski definition) is 4. The van der Waals surface area contributed by atoms with E-state index in [-0.39, 0.29) is 5.91 Å². The predicted octanol–water partition coefficient (Wildman–Crippen LogP) is 4.77. The van der Waals surface area contributed by atoms with Crippen LogP contribution in [0.4, 0.5) is 0 Å². The molecule has 1 amide bonds. The molecule has 2 aromatic rings. The van der Waals surface area contributed by atoms with E-state index in [1.807, 2.05) is 11.8 Å². The number of nitrogens with zero attached hydrogens (tertiary/aromatic N) is 1. The van der Waals surface area contributed by atoms with E-state index in [1.165, 1.54) is 21.8 Å². The molecule has 0 saturated carbocycles. The van der Waals surface area contributed by atoms with Crippen molar-refractivity contribution in [3.8, 4) is 0 Å². The Balaban J connectivity index is 1.43. The molecule has 3 nitrogen and oxygen atoms in total. The monoisotopic (exact) mass is 394 g/mol. The highest BCUT2D eigenvalue weighted by molar-refractivity contribution is 7.98. The molecule has 0 unspecified atom stereocenters. The van der Waals surface area contributed by atoms with Crippen molar-refractivity contribution in [3.63, 3.8) is 0 Å². The standard InChI is InChI=1S/C19H23ClN2OS2/c1-24-16-5-3-2-4-15(16)13-22-10-8-14(9-11-22)12-21-19(23)17-6-7-18(20)25-17/h2-7,14H,8-13H2,1H3,(H,21,23). The summed E-state index contributed by atoms with van der Waals surface area (Å²) < 4.78 is 0.656. The minimum absolute atomic E-state index is 0.00627. The van der Waals surface area contributed by atoms with E-state index >= 15 is 0 Å². The number of thiophene rings is 1. The molecule has 1 aliphatic heterocycles. The number of thioether (sulfide) groups is 1. The van der Waals surface area contributed by atoms with Crippen molar-refractivity contribution >= 4 is 40.6 Å². The van der Waals surface area contributed by atoms with Crippen LogP contribution in [0.2, 0.25) is 4.34 Å². The smallest absolute Gasteiger partial charge is 0.261 e. The van der Waals surface area contributed by atoms with Crippen LogP contribution in [0.1, 0.15) is 28.1 Å². The molecule has 1 aliphatic rings. The van der Waals surface area contributed by atoms with Gasteiger partial charge in [-0.25, -0.2) is 0 Å². The largest absolute Gasteiger partial charge is 0.351 e. The molecule has 1 aromatic carbocycles. The SMILES string of the molecule is CSc1ccccc1CN1CCC(CNC(=O)c2ccc(Cl)s2)CC1. The van der Waals surface area contributed by atoms with Crippen molar-refractivity contribution in [3.05, 3.63) is 51.2 Å². The molecule has 0 atom stereocenters. The lowest BCUT2D eigenvalue weighted by atomic mass is 9.96. The number of carbonyl (C=O) groups excluding carboxylic acids is 1. The lowest BCUT2D eigenvalue weighted by Gasteiger charge is -2.32. The third-order valence-corrected chi connectivity index (χ3v) is 6.71. The van der Waals surface area contributed by atoms with E-state index in [4.69, 9.17) is 11.6 Å². The Morgan fingerprint density at radius 2 is 2.04 bits per heavy atom. The topological polar surface area (TPSA) is 32.3 Å². The van der Waals surface area contributed by atoms with Crippen LogP contribution in [0, 0.1) is 5.92 Å². The Bertz CT molecular complexity index is 711. The van der Waals surface area contributed by atoms with Gasteiger partial charge in [0.2, 0.25) is 0 Å². The summed E-state index contributed by atoms with van der Waals surface area (Å²) in [6.45, 7) is 3.95. The average Bonchev–Trinajstić information content (AvgIpc) is 3.08. The fourth-order valence-electron chi connectivity index (χ4n) is 3.18. The molecule has 0 spiro atoms. The summed E-state index contributed by atoms with van der Waals surface area (Å²) in [7, 11) is 0. The molecule has 1 aromatic heterocycles. The van der Waals surface area contributed by atoms with Gasteiger partial charge >= 0.3 is 0 Å². The molecule has 1 fully saturated rings. The van der Waals surface area contributed by atoms with Crippen molar-refractivity contribution in [2.75, 3.05) is 25.9 Å². The van der Waals surface area contributed by atoms with Crippen LogP contribution in [0.25, 0.3) is 0 Å². The van der Waals surface area contributed by atoms with Gasteiger partial charge in [0.1, 0.15) is 0 Å². The van der Waals surface area contributed by atoms with Crippen LogP contribution in [-0.4, -0.2) is 36.7 Å². The summed E-state index contributed by atoms with van der Waals surface area (Å²) in [5, 5.41) is 3.06. The van der Waals surface area contributed by atoms with Gasteiger partial charge < -0.3 is 5.32 Å². The van der Waals surface area contributed by atoms with Crippen LogP contribution in [0.3, 0.4) is 0 Å². The van der Waals surface area contributed by atoms with Gasteiger partial charge in [-0.3, -0.25) is 9.69 Å². The van der Waals surface area contributed by atoms with Gasteiger partial charge in [0, 0.05) is 18.0 Å². The fraction of sp³-hybridized carbons (Fsp3) is 0.421. The molecule has 1 saturated heterocycles. The maximum Gasteiger partial charge on any atom is 0.261 e. The van der Waals surface area contributed by atoms with Gasteiger partial charge in [-0.15, -0.1) is 23.1 Å². The van der Waals surface area contributed by atoms with Crippen molar-refractivity contribution in [1.82, 2.24) is 10.2 Å². The fourth-order valence-corrected chi connectivity index (χ4v) is 4.75. The quantitative estimate of drug-likeness (QED) is 0.716. The molecule has 25 heavy (non-hydrogen) atoms. The molecule has 3 rings (SSSR count). The molecule has 1 N–H and O–H groups in total. The second-order valence-electron chi connectivity index (χ2n) is 6.35.